The first-order valence-electron chi connectivity index (χ1n) is 19.7. The highest BCUT2D eigenvalue weighted by atomic mass is 32.2. The lowest BCUT2D eigenvalue weighted by atomic mass is 9.79. The molecular weight excluding hydrogens is 747 g/mol. The van der Waals surface area contributed by atoms with Crippen LogP contribution in [-0.2, 0) is 25.7 Å². The minimum absolute atomic E-state index is 0.144. The van der Waals surface area contributed by atoms with Crippen molar-refractivity contribution in [2.75, 3.05) is 23.8 Å². The largest absolute Gasteiger partial charge is 0.478 e. The van der Waals surface area contributed by atoms with Gasteiger partial charge in [0.25, 0.3) is 10.1 Å². The summed E-state index contributed by atoms with van der Waals surface area (Å²) < 4.78 is 36.3. The number of hydrogen-bond donors (Lipinski definition) is 3. The lowest BCUT2D eigenvalue weighted by Crippen LogP contribution is -2.27. The molecule has 0 fully saturated rings. The van der Waals surface area contributed by atoms with Crippen molar-refractivity contribution in [2.45, 2.75) is 76.0 Å². The molecule has 9 nitrogen and oxygen atoms in total. The smallest absolute Gasteiger partial charge is 0.335 e. The summed E-state index contributed by atoms with van der Waals surface area (Å²) in [6, 6.07) is 27.8. The van der Waals surface area contributed by atoms with E-state index in [1.54, 1.807) is 24.3 Å². The van der Waals surface area contributed by atoms with Gasteiger partial charge in [0.2, 0.25) is 11.6 Å². The van der Waals surface area contributed by atoms with Crippen LogP contribution < -0.4 is 10.2 Å². The Bertz CT molecular complexity index is 2720. The second-order valence-corrected chi connectivity index (χ2v) is 17.7. The number of rotatable bonds is 12. The number of fused-ring (bicyclic) bond motifs is 6. The number of nitrogens with one attached hydrogen (secondary N) is 1. The van der Waals surface area contributed by atoms with Crippen LogP contribution in [0.2, 0.25) is 0 Å². The molecule has 2 aliphatic rings. The van der Waals surface area contributed by atoms with Gasteiger partial charge in [0, 0.05) is 53.2 Å². The maximum Gasteiger partial charge on any atom is 0.335 e. The van der Waals surface area contributed by atoms with E-state index < -0.39 is 21.5 Å². The maximum atomic E-state index is 13.4. The quantitative estimate of drug-likeness (QED) is 0.0652. The molecule has 0 saturated carbocycles. The highest BCUT2D eigenvalue weighted by Crippen LogP contribution is 2.51. The molecule has 0 spiro atoms. The molecule has 298 valence electrons. The van der Waals surface area contributed by atoms with Crippen LogP contribution in [-0.4, -0.2) is 53.8 Å². The number of carbonyl (C=O) groups excluding carboxylic acids is 1. The van der Waals surface area contributed by atoms with E-state index in [4.69, 9.17) is 0 Å². The summed E-state index contributed by atoms with van der Waals surface area (Å²) in [6.07, 6.45) is 11.2. The average molecular weight is 797 g/mol. The summed E-state index contributed by atoms with van der Waals surface area (Å²) in [4.78, 5) is 27.0. The number of aromatic carboxylic acids is 1. The highest BCUT2D eigenvalue weighted by Gasteiger charge is 2.44. The first kappa shape index (κ1) is 40.4. The lowest BCUT2D eigenvalue weighted by molar-refractivity contribution is -0.401. The molecule has 5 aromatic rings. The number of nitrogens with zero attached hydrogens (tertiary/aromatic N) is 2. The SMILES string of the molecule is CCCCN1C(=CC=C(C=CC2=[N+](C)c3ccc4ccc(S(=O)(=O)O)cc4c3C2(C)C)CCC(=O)Nc2ccc(C(=O)O)cc2)C(C)(C)c2c1ccc1ccccc21. The van der Waals surface area contributed by atoms with Crippen molar-refractivity contribution in [3.63, 3.8) is 0 Å². The van der Waals surface area contributed by atoms with E-state index >= 15 is 0 Å². The fourth-order valence-corrected chi connectivity index (χ4v) is 9.25. The number of unbranched alkanes of at least 4 members (excludes halogenated alkanes) is 1. The summed E-state index contributed by atoms with van der Waals surface area (Å²) in [5.41, 5.74) is 7.33. The molecule has 2 aliphatic heterocycles. The van der Waals surface area contributed by atoms with Crippen LogP contribution >= 0.6 is 0 Å². The zero-order chi connectivity index (χ0) is 41.6. The summed E-state index contributed by atoms with van der Waals surface area (Å²) in [7, 11) is -2.41. The normalized spacial score (nSPS) is 16.8. The van der Waals surface area contributed by atoms with Crippen LogP contribution in [0.25, 0.3) is 21.5 Å². The zero-order valence-electron chi connectivity index (χ0n) is 33.8. The molecule has 0 aromatic heterocycles. The van der Waals surface area contributed by atoms with Crippen LogP contribution in [0.3, 0.4) is 0 Å². The van der Waals surface area contributed by atoms with Gasteiger partial charge in [-0.2, -0.15) is 13.0 Å². The third kappa shape index (κ3) is 7.50. The van der Waals surface area contributed by atoms with Gasteiger partial charge in [-0.3, -0.25) is 9.35 Å². The molecule has 5 aromatic carbocycles. The Kier molecular flexibility index (Phi) is 10.8. The molecular formula is C48H50N3O6S+. The van der Waals surface area contributed by atoms with Crippen molar-refractivity contribution < 1.29 is 32.2 Å². The van der Waals surface area contributed by atoms with Crippen molar-refractivity contribution in [3.05, 3.63) is 143 Å². The number of carbonyl (C=O) groups is 2. The van der Waals surface area contributed by atoms with E-state index in [-0.39, 0.29) is 28.2 Å². The van der Waals surface area contributed by atoms with Crippen LogP contribution in [0.15, 0.2) is 131 Å². The average Bonchev–Trinajstić information content (AvgIpc) is 3.53. The molecule has 0 unspecified atom stereocenters. The second-order valence-electron chi connectivity index (χ2n) is 16.3. The standard InChI is InChI=1S/C48H49N3O6S/c1-7-8-29-51-40-25-20-32-11-9-10-12-37(32)44(40)48(4,5)42(51)27-14-31(15-28-43(52)49-35-21-16-34(17-22-35)46(53)54)13-26-41-47(2,3)45-38-30-36(58(55,56)57)23-18-33(38)19-24-39(45)50(41)6/h9-14,16-27,30H,7-8,15,28-29H2,1-6H3,(H2-,49,52,53,54,55,56,57)/p+1. The first-order chi connectivity index (χ1) is 27.5. The minimum atomic E-state index is -4.40. The van der Waals surface area contributed by atoms with Crippen LogP contribution in [0, 0.1) is 0 Å². The zero-order valence-corrected chi connectivity index (χ0v) is 34.7. The van der Waals surface area contributed by atoms with Crippen LogP contribution in [0.4, 0.5) is 17.1 Å². The van der Waals surface area contributed by atoms with Crippen molar-refractivity contribution >= 4 is 66.3 Å². The molecule has 0 bridgehead atoms. The summed E-state index contributed by atoms with van der Waals surface area (Å²) in [5, 5.41) is 16.3. The Hall–Kier alpha value is -5.84. The van der Waals surface area contributed by atoms with Gasteiger partial charge >= 0.3 is 5.97 Å². The maximum absolute atomic E-state index is 13.4. The van der Waals surface area contributed by atoms with Crippen molar-refractivity contribution in [2.24, 2.45) is 0 Å². The Labute approximate surface area is 340 Å². The van der Waals surface area contributed by atoms with Crippen molar-refractivity contribution in [1.82, 2.24) is 0 Å². The predicted molar refractivity (Wildman–Crippen MR) is 233 cm³/mol. The molecule has 3 N–H and O–H groups in total. The van der Waals surface area contributed by atoms with E-state index in [9.17, 15) is 27.7 Å². The van der Waals surface area contributed by atoms with Gasteiger partial charge in [-0.25, -0.2) is 4.79 Å². The number of carboxylic acids is 1. The second kappa shape index (κ2) is 15.5. The topological polar surface area (TPSA) is 127 Å². The third-order valence-corrected chi connectivity index (χ3v) is 12.6. The van der Waals surface area contributed by atoms with Crippen molar-refractivity contribution in [3.8, 4) is 0 Å². The van der Waals surface area contributed by atoms with E-state index in [0.29, 0.717) is 12.1 Å². The molecule has 10 heteroatoms. The Morgan fingerprint density at radius 3 is 2.24 bits per heavy atom. The molecule has 2 heterocycles. The number of hydrogen-bond acceptors (Lipinski definition) is 5. The number of anilines is 2. The molecule has 0 saturated heterocycles. The van der Waals surface area contributed by atoms with Crippen molar-refractivity contribution in [1.29, 1.82) is 0 Å². The van der Waals surface area contributed by atoms with Gasteiger partial charge in [-0.1, -0.05) is 75.7 Å². The molecule has 0 atom stereocenters. The molecule has 7 rings (SSSR count). The first-order valence-corrected chi connectivity index (χ1v) is 21.1. The Morgan fingerprint density at radius 2 is 1.53 bits per heavy atom. The molecule has 58 heavy (non-hydrogen) atoms. The fraction of sp³-hybridized carbons (Fsp3) is 0.271. The van der Waals surface area contributed by atoms with Gasteiger partial charge < -0.3 is 15.3 Å². The van der Waals surface area contributed by atoms with E-state index in [1.165, 1.54) is 45.9 Å². The van der Waals surface area contributed by atoms with Gasteiger partial charge in [-0.15, -0.1) is 0 Å². The van der Waals surface area contributed by atoms with E-state index in [0.717, 1.165) is 52.7 Å². The van der Waals surface area contributed by atoms with Crippen LogP contribution in [0.5, 0.6) is 0 Å². The molecule has 0 aliphatic carbocycles. The fourth-order valence-electron chi connectivity index (χ4n) is 8.75. The minimum Gasteiger partial charge on any atom is -0.478 e. The summed E-state index contributed by atoms with van der Waals surface area (Å²) >= 11 is 0. The summed E-state index contributed by atoms with van der Waals surface area (Å²) in [6.45, 7) is 11.9. The Balaban J connectivity index is 1.27. The number of benzene rings is 5. The van der Waals surface area contributed by atoms with E-state index in [1.807, 2.05) is 19.2 Å². The predicted octanol–water partition coefficient (Wildman–Crippen LogP) is 10.3. The Morgan fingerprint density at radius 1 is 0.845 bits per heavy atom. The van der Waals surface area contributed by atoms with Gasteiger partial charge in [0.1, 0.15) is 7.05 Å². The van der Waals surface area contributed by atoms with Crippen LogP contribution in [0.1, 0.15) is 81.8 Å². The lowest BCUT2D eigenvalue weighted by Gasteiger charge is -2.27. The number of allylic oxidation sites excluding steroid dienone is 6. The van der Waals surface area contributed by atoms with Gasteiger partial charge in [0.15, 0.2) is 5.71 Å². The van der Waals surface area contributed by atoms with Gasteiger partial charge in [0.05, 0.1) is 15.9 Å². The number of amides is 1. The molecule has 1 amide bonds. The third-order valence-electron chi connectivity index (χ3n) is 11.7. The van der Waals surface area contributed by atoms with Gasteiger partial charge in [-0.05, 0) is 114 Å². The number of carboxylic acid groups (broad SMARTS) is 1. The monoisotopic (exact) mass is 796 g/mol. The summed E-state index contributed by atoms with van der Waals surface area (Å²) in [5.74, 6) is -1.23. The van der Waals surface area contributed by atoms with E-state index in [2.05, 4.69) is 110 Å². The molecule has 0 radical (unpaired) electrons. The highest BCUT2D eigenvalue weighted by molar-refractivity contribution is 7.85.